The standard InChI is InChI=1S/C11H13NO4.ClH/c1-14-8-2-6-3-12-4-7(13)9(6)11-10(8)15-5-16-11;/h2,7,12-13H,3-5H2,1H3;1H. The number of ether oxygens (including phenoxy) is 3. The van der Waals surface area contributed by atoms with Crippen molar-refractivity contribution in [1.29, 1.82) is 0 Å². The predicted molar refractivity (Wildman–Crippen MR) is 63.0 cm³/mol. The van der Waals surface area contributed by atoms with Crippen LogP contribution in [0.4, 0.5) is 0 Å². The molecule has 0 bridgehead atoms. The molecule has 0 aliphatic carbocycles. The molecule has 2 heterocycles. The summed E-state index contributed by atoms with van der Waals surface area (Å²) in [6, 6.07) is 1.89. The summed E-state index contributed by atoms with van der Waals surface area (Å²) >= 11 is 0. The number of hydrogen-bond acceptors (Lipinski definition) is 5. The molecule has 0 radical (unpaired) electrons. The molecule has 1 unspecified atom stereocenters. The molecule has 2 N–H and O–H groups in total. The molecule has 2 aliphatic heterocycles. The third kappa shape index (κ3) is 1.80. The van der Waals surface area contributed by atoms with Crippen LogP contribution in [0.2, 0.25) is 0 Å². The number of benzene rings is 1. The highest BCUT2D eigenvalue weighted by molar-refractivity contribution is 5.85. The number of nitrogens with one attached hydrogen (secondary N) is 1. The minimum atomic E-state index is -0.551. The summed E-state index contributed by atoms with van der Waals surface area (Å²) in [5.41, 5.74) is 1.83. The number of rotatable bonds is 1. The van der Waals surface area contributed by atoms with E-state index in [0.717, 1.165) is 11.1 Å². The Morgan fingerprint density at radius 1 is 1.41 bits per heavy atom. The Morgan fingerprint density at radius 2 is 2.18 bits per heavy atom. The Morgan fingerprint density at radius 3 is 2.94 bits per heavy atom. The van der Waals surface area contributed by atoms with Gasteiger partial charge in [0.25, 0.3) is 0 Å². The Bertz CT molecular complexity index is 438. The van der Waals surface area contributed by atoms with Crippen molar-refractivity contribution in [2.24, 2.45) is 0 Å². The maximum atomic E-state index is 9.95. The van der Waals surface area contributed by atoms with E-state index >= 15 is 0 Å². The smallest absolute Gasteiger partial charge is 0.231 e. The van der Waals surface area contributed by atoms with Crippen molar-refractivity contribution in [3.63, 3.8) is 0 Å². The third-order valence-corrected chi connectivity index (χ3v) is 2.94. The zero-order valence-electron chi connectivity index (χ0n) is 9.36. The van der Waals surface area contributed by atoms with E-state index in [2.05, 4.69) is 5.32 Å². The number of aliphatic hydroxyl groups is 1. The third-order valence-electron chi connectivity index (χ3n) is 2.94. The lowest BCUT2D eigenvalue weighted by Gasteiger charge is -2.24. The highest BCUT2D eigenvalue weighted by Crippen LogP contribution is 2.48. The van der Waals surface area contributed by atoms with Gasteiger partial charge in [-0.15, -0.1) is 12.4 Å². The summed E-state index contributed by atoms with van der Waals surface area (Å²) < 4.78 is 16.0. The minimum Gasteiger partial charge on any atom is -0.493 e. The van der Waals surface area contributed by atoms with Gasteiger partial charge in [-0.25, -0.2) is 0 Å². The van der Waals surface area contributed by atoms with E-state index in [1.54, 1.807) is 7.11 Å². The lowest BCUT2D eigenvalue weighted by molar-refractivity contribution is 0.149. The molecule has 0 spiro atoms. The van der Waals surface area contributed by atoms with Crippen molar-refractivity contribution in [3.05, 3.63) is 17.2 Å². The van der Waals surface area contributed by atoms with Crippen molar-refractivity contribution >= 4 is 12.4 Å². The maximum absolute atomic E-state index is 9.95. The van der Waals surface area contributed by atoms with E-state index in [1.165, 1.54) is 0 Å². The lowest BCUT2D eigenvalue weighted by Crippen LogP contribution is -2.28. The zero-order chi connectivity index (χ0) is 11.1. The van der Waals surface area contributed by atoms with E-state index in [1.807, 2.05) is 6.07 Å². The molecule has 1 aromatic rings. The molecule has 0 saturated carbocycles. The Kier molecular flexibility index (Phi) is 3.33. The second-order valence-electron chi connectivity index (χ2n) is 3.86. The van der Waals surface area contributed by atoms with Gasteiger partial charge in [0, 0.05) is 18.7 Å². The van der Waals surface area contributed by atoms with E-state index in [9.17, 15) is 5.11 Å². The number of β-amino-alcohol motifs (C(OH)–C–C–N with tert-alkyl or cyclic N) is 1. The van der Waals surface area contributed by atoms with Crippen molar-refractivity contribution in [2.75, 3.05) is 20.4 Å². The van der Waals surface area contributed by atoms with Gasteiger partial charge in [0.15, 0.2) is 11.5 Å². The van der Waals surface area contributed by atoms with Crippen LogP contribution in [0.25, 0.3) is 0 Å². The van der Waals surface area contributed by atoms with Gasteiger partial charge in [-0.2, -0.15) is 0 Å². The van der Waals surface area contributed by atoms with E-state index in [4.69, 9.17) is 14.2 Å². The number of fused-ring (bicyclic) bond motifs is 3. The number of aliphatic hydroxyl groups excluding tert-OH is 1. The first-order valence-electron chi connectivity index (χ1n) is 5.19. The van der Waals surface area contributed by atoms with Gasteiger partial charge >= 0.3 is 0 Å². The quantitative estimate of drug-likeness (QED) is 0.787. The van der Waals surface area contributed by atoms with Gasteiger partial charge in [-0.05, 0) is 11.6 Å². The molecule has 17 heavy (non-hydrogen) atoms. The fourth-order valence-corrected chi connectivity index (χ4v) is 2.22. The van der Waals surface area contributed by atoms with Crippen molar-refractivity contribution in [1.82, 2.24) is 5.32 Å². The normalized spacial score (nSPS) is 20.5. The van der Waals surface area contributed by atoms with Gasteiger partial charge in [-0.3, -0.25) is 0 Å². The van der Waals surface area contributed by atoms with Gasteiger partial charge in [-0.1, -0.05) is 0 Å². The van der Waals surface area contributed by atoms with Crippen LogP contribution in [0.3, 0.4) is 0 Å². The molecular formula is C11H14ClNO4. The van der Waals surface area contributed by atoms with Crippen molar-refractivity contribution < 1.29 is 19.3 Å². The Hall–Kier alpha value is -1.17. The first-order valence-corrected chi connectivity index (χ1v) is 5.19. The molecule has 94 valence electrons. The van der Waals surface area contributed by atoms with Gasteiger partial charge < -0.3 is 24.6 Å². The highest BCUT2D eigenvalue weighted by atomic mass is 35.5. The fourth-order valence-electron chi connectivity index (χ4n) is 2.22. The van der Waals surface area contributed by atoms with Gasteiger partial charge in [0.1, 0.15) is 0 Å². The summed E-state index contributed by atoms with van der Waals surface area (Å²) in [5, 5.41) is 13.1. The van der Waals surface area contributed by atoms with Gasteiger partial charge in [0.05, 0.1) is 13.2 Å². The number of halogens is 1. The highest BCUT2D eigenvalue weighted by Gasteiger charge is 2.31. The molecule has 2 aliphatic rings. The molecular weight excluding hydrogens is 246 g/mol. The molecule has 0 saturated heterocycles. The molecule has 1 aromatic carbocycles. The number of methoxy groups -OCH3 is 1. The monoisotopic (exact) mass is 259 g/mol. The van der Waals surface area contributed by atoms with Crippen LogP contribution in [0.15, 0.2) is 6.07 Å². The maximum Gasteiger partial charge on any atom is 0.231 e. The summed E-state index contributed by atoms with van der Waals surface area (Å²) in [6.45, 7) is 1.43. The van der Waals surface area contributed by atoms with Crippen LogP contribution in [-0.2, 0) is 6.54 Å². The van der Waals surface area contributed by atoms with Crippen LogP contribution in [0.5, 0.6) is 17.2 Å². The van der Waals surface area contributed by atoms with Crippen LogP contribution < -0.4 is 19.5 Å². The number of hydrogen-bond donors (Lipinski definition) is 2. The second kappa shape index (κ2) is 4.60. The molecule has 0 fully saturated rings. The summed E-state index contributed by atoms with van der Waals surface area (Å²) in [6.07, 6.45) is -0.551. The molecule has 6 heteroatoms. The lowest BCUT2D eigenvalue weighted by atomic mass is 9.96. The van der Waals surface area contributed by atoms with Crippen LogP contribution >= 0.6 is 12.4 Å². The van der Waals surface area contributed by atoms with Crippen LogP contribution in [0, 0.1) is 0 Å². The molecule has 0 aromatic heterocycles. The predicted octanol–water partition coefficient (Wildman–Crippen LogP) is 0.982. The zero-order valence-corrected chi connectivity index (χ0v) is 10.2. The topological polar surface area (TPSA) is 60.0 Å². The molecule has 3 rings (SSSR count). The van der Waals surface area contributed by atoms with Crippen LogP contribution in [-0.4, -0.2) is 25.6 Å². The largest absolute Gasteiger partial charge is 0.493 e. The van der Waals surface area contributed by atoms with Crippen LogP contribution in [0.1, 0.15) is 17.2 Å². The van der Waals surface area contributed by atoms with E-state index < -0.39 is 6.10 Å². The summed E-state index contributed by atoms with van der Waals surface area (Å²) in [4.78, 5) is 0. The molecule has 1 atom stereocenters. The molecule has 5 nitrogen and oxygen atoms in total. The second-order valence-corrected chi connectivity index (χ2v) is 3.86. The average Bonchev–Trinajstić information content (AvgIpc) is 2.76. The van der Waals surface area contributed by atoms with E-state index in [-0.39, 0.29) is 19.2 Å². The Balaban J connectivity index is 0.00000108. The van der Waals surface area contributed by atoms with Gasteiger partial charge in [0.2, 0.25) is 12.5 Å². The van der Waals surface area contributed by atoms with Crippen molar-refractivity contribution in [3.8, 4) is 17.2 Å². The first-order chi connectivity index (χ1) is 7.81. The first kappa shape index (κ1) is 12.3. The fraction of sp³-hybridized carbons (Fsp3) is 0.455. The van der Waals surface area contributed by atoms with E-state index in [0.29, 0.717) is 30.3 Å². The average molecular weight is 260 g/mol. The molecule has 0 amide bonds. The van der Waals surface area contributed by atoms with Crippen molar-refractivity contribution in [2.45, 2.75) is 12.6 Å². The summed E-state index contributed by atoms with van der Waals surface area (Å²) in [7, 11) is 1.59. The summed E-state index contributed by atoms with van der Waals surface area (Å²) in [5.74, 6) is 1.88. The minimum absolute atomic E-state index is 0. The Labute approximate surface area is 105 Å². The SMILES string of the molecule is COc1cc2c(c3c1OCO3)C(O)CNC2.Cl.